The van der Waals surface area contributed by atoms with Crippen LogP contribution in [0.1, 0.15) is 37.7 Å². The van der Waals surface area contributed by atoms with Gasteiger partial charge in [0.2, 0.25) is 0 Å². The minimum atomic E-state index is -0.507. The molecule has 1 saturated carbocycles. The lowest BCUT2D eigenvalue weighted by Crippen LogP contribution is -2.20. The van der Waals surface area contributed by atoms with Crippen LogP contribution < -0.4 is 0 Å². The van der Waals surface area contributed by atoms with Crippen molar-refractivity contribution >= 4 is 6.08 Å². The minimum Gasteiger partial charge on any atom is -0.389 e. The summed E-state index contributed by atoms with van der Waals surface area (Å²) in [5, 5.41) is 10.3. The van der Waals surface area contributed by atoms with E-state index in [-0.39, 0.29) is 5.82 Å². The Labute approximate surface area is 129 Å². The Morgan fingerprint density at radius 2 is 2.09 bits per heavy atom. The van der Waals surface area contributed by atoms with Gasteiger partial charge in [-0.25, -0.2) is 9.37 Å². The summed E-state index contributed by atoms with van der Waals surface area (Å²) in [6, 6.07) is 4.95. The molecule has 0 bridgehead atoms. The molecule has 0 radical (unpaired) electrons. The summed E-state index contributed by atoms with van der Waals surface area (Å²) in [5.41, 5.74) is 1.91. The van der Waals surface area contributed by atoms with Crippen LogP contribution in [0.5, 0.6) is 0 Å². The monoisotopic (exact) mass is 300 g/mol. The molecule has 0 saturated heterocycles. The predicted molar refractivity (Wildman–Crippen MR) is 85.6 cm³/mol. The van der Waals surface area contributed by atoms with Gasteiger partial charge in [-0.3, -0.25) is 0 Å². The van der Waals surface area contributed by atoms with Crippen LogP contribution in [0.25, 0.3) is 17.3 Å². The number of aliphatic hydroxyl groups excluding tert-OH is 1. The van der Waals surface area contributed by atoms with Crippen molar-refractivity contribution in [2.75, 3.05) is 0 Å². The number of hydrogen-bond acceptors (Lipinski definition) is 2. The number of imidazole rings is 1. The molecule has 1 heterocycles. The Morgan fingerprint density at radius 3 is 2.82 bits per heavy atom. The fourth-order valence-corrected chi connectivity index (χ4v) is 3.16. The molecule has 1 atom stereocenters. The first-order valence-corrected chi connectivity index (χ1v) is 7.89. The molecule has 4 heteroatoms. The number of rotatable bonds is 4. The van der Waals surface area contributed by atoms with Gasteiger partial charge in [-0.15, -0.1) is 0 Å². The third-order valence-corrected chi connectivity index (χ3v) is 4.42. The molecule has 2 N–H and O–H groups in total. The first kappa shape index (κ1) is 15.0. The van der Waals surface area contributed by atoms with E-state index in [0.29, 0.717) is 17.2 Å². The largest absolute Gasteiger partial charge is 0.389 e. The van der Waals surface area contributed by atoms with Crippen LogP contribution in [0.2, 0.25) is 0 Å². The molecule has 1 aliphatic rings. The van der Waals surface area contributed by atoms with Crippen LogP contribution in [-0.4, -0.2) is 21.2 Å². The van der Waals surface area contributed by atoms with Gasteiger partial charge >= 0.3 is 0 Å². The molecule has 116 valence electrons. The standard InChI is InChI=1S/C18H21FN2O/c19-16-8-4-7-15(17-11-20-12-21-17)14(16)9-10-18(22)13-5-2-1-3-6-13/h4,7-13,18,22H,1-3,5-6H2,(H,20,21)/b10-9+. The Morgan fingerprint density at radius 1 is 1.27 bits per heavy atom. The molecular formula is C18H21FN2O. The van der Waals surface area contributed by atoms with Crippen molar-refractivity contribution in [3.05, 3.63) is 48.2 Å². The number of nitrogens with zero attached hydrogens (tertiary/aromatic N) is 1. The average molecular weight is 300 g/mol. The third-order valence-electron chi connectivity index (χ3n) is 4.42. The molecule has 22 heavy (non-hydrogen) atoms. The van der Waals surface area contributed by atoms with Crippen LogP contribution in [0.3, 0.4) is 0 Å². The van der Waals surface area contributed by atoms with Crippen LogP contribution in [0, 0.1) is 11.7 Å². The van der Waals surface area contributed by atoms with Crippen LogP contribution in [-0.2, 0) is 0 Å². The highest BCUT2D eigenvalue weighted by Crippen LogP contribution is 2.29. The van der Waals surface area contributed by atoms with Gasteiger partial charge in [0, 0.05) is 17.3 Å². The zero-order valence-corrected chi connectivity index (χ0v) is 12.5. The van der Waals surface area contributed by atoms with E-state index in [1.165, 1.54) is 25.3 Å². The van der Waals surface area contributed by atoms with Gasteiger partial charge in [-0.1, -0.05) is 43.5 Å². The molecule has 0 aliphatic heterocycles. The number of aliphatic hydroxyl groups is 1. The molecular weight excluding hydrogens is 279 g/mol. The molecule has 1 aliphatic carbocycles. The lowest BCUT2D eigenvalue weighted by atomic mass is 9.85. The molecule has 1 aromatic heterocycles. The molecule has 1 aromatic carbocycles. The zero-order valence-electron chi connectivity index (χ0n) is 12.5. The molecule has 0 spiro atoms. The maximum absolute atomic E-state index is 14.2. The SMILES string of the molecule is OC(/C=C/c1c(F)cccc1-c1c[nH]cn1)C1CCCCC1. The van der Waals surface area contributed by atoms with Gasteiger partial charge in [0.15, 0.2) is 0 Å². The summed E-state index contributed by atoms with van der Waals surface area (Å²) in [7, 11) is 0. The van der Waals surface area contributed by atoms with Crippen LogP contribution in [0.4, 0.5) is 4.39 Å². The van der Waals surface area contributed by atoms with Gasteiger partial charge in [0.1, 0.15) is 5.82 Å². The predicted octanol–water partition coefficient (Wildman–Crippen LogP) is 4.17. The maximum Gasteiger partial charge on any atom is 0.131 e. The van der Waals surface area contributed by atoms with Crippen molar-refractivity contribution in [2.45, 2.75) is 38.2 Å². The van der Waals surface area contributed by atoms with E-state index >= 15 is 0 Å². The van der Waals surface area contributed by atoms with Crippen molar-refractivity contribution in [2.24, 2.45) is 5.92 Å². The second-order valence-corrected chi connectivity index (χ2v) is 5.90. The topological polar surface area (TPSA) is 48.9 Å². The number of aromatic nitrogens is 2. The Balaban J connectivity index is 1.83. The first-order chi connectivity index (χ1) is 10.8. The summed E-state index contributed by atoms with van der Waals surface area (Å²) in [6.07, 6.45) is 11.9. The normalized spacial score (nSPS) is 17.9. The molecule has 3 rings (SSSR count). The van der Waals surface area contributed by atoms with E-state index in [0.717, 1.165) is 18.4 Å². The van der Waals surface area contributed by atoms with Gasteiger partial charge in [0.05, 0.1) is 18.1 Å². The average Bonchev–Trinajstić information content (AvgIpc) is 3.08. The van der Waals surface area contributed by atoms with E-state index in [9.17, 15) is 9.50 Å². The van der Waals surface area contributed by atoms with Crippen molar-refractivity contribution in [1.29, 1.82) is 0 Å². The molecule has 0 amide bonds. The van der Waals surface area contributed by atoms with E-state index < -0.39 is 6.10 Å². The highest BCUT2D eigenvalue weighted by molar-refractivity contribution is 5.73. The number of halogens is 1. The number of hydrogen-bond donors (Lipinski definition) is 2. The second kappa shape index (κ2) is 6.88. The Hall–Kier alpha value is -1.94. The molecule has 1 unspecified atom stereocenters. The Kier molecular flexibility index (Phi) is 4.68. The molecule has 1 fully saturated rings. The quantitative estimate of drug-likeness (QED) is 0.890. The van der Waals surface area contributed by atoms with E-state index in [2.05, 4.69) is 9.97 Å². The number of nitrogens with one attached hydrogen (secondary N) is 1. The summed E-state index contributed by atoms with van der Waals surface area (Å²) < 4.78 is 14.2. The fraction of sp³-hybridized carbons (Fsp3) is 0.389. The number of benzene rings is 1. The highest BCUT2D eigenvalue weighted by atomic mass is 19.1. The van der Waals surface area contributed by atoms with Gasteiger partial charge < -0.3 is 10.1 Å². The summed E-state index contributed by atoms with van der Waals surface area (Å²) >= 11 is 0. The molecule has 3 nitrogen and oxygen atoms in total. The van der Waals surface area contributed by atoms with Crippen LogP contribution in [0.15, 0.2) is 36.8 Å². The summed E-state index contributed by atoms with van der Waals surface area (Å²) in [6.45, 7) is 0. The van der Waals surface area contributed by atoms with Gasteiger partial charge in [0.25, 0.3) is 0 Å². The van der Waals surface area contributed by atoms with Crippen molar-refractivity contribution in [1.82, 2.24) is 9.97 Å². The van der Waals surface area contributed by atoms with E-state index in [4.69, 9.17) is 0 Å². The number of aromatic amines is 1. The molecule has 2 aromatic rings. The summed E-state index contributed by atoms with van der Waals surface area (Å²) in [4.78, 5) is 7.07. The minimum absolute atomic E-state index is 0.297. The third kappa shape index (κ3) is 3.28. The first-order valence-electron chi connectivity index (χ1n) is 7.89. The highest BCUT2D eigenvalue weighted by Gasteiger charge is 2.19. The van der Waals surface area contributed by atoms with E-state index in [1.54, 1.807) is 30.7 Å². The number of H-pyrrole nitrogens is 1. The Bertz CT molecular complexity index is 631. The lowest BCUT2D eigenvalue weighted by molar-refractivity contribution is 0.126. The van der Waals surface area contributed by atoms with E-state index in [1.807, 2.05) is 6.07 Å². The van der Waals surface area contributed by atoms with Gasteiger partial charge in [-0.2, -0.15) is 0 Å². The lowest BCUT2D eigenvalue weighted by Gasteiger charge is -2.24. The van der Waals surface area contributed by atoms with Crippen molar-refractivity contribution in [3.8, 4) is 11.3 Å². The van der Waals surface area contributed by atoms with Gasteiger partial charge in [-0.05, 0) is 24.8 Å². The summed E-state index contributed by atoms with van der Waals surface area (Å²) in [5.74, 6) is -0.00167. The smallest absolute Gasteiger partial charge is 0.131 e. The second-order valence-electron chi connectivity index (χ2n) is 5.90. The van der Waals surface area contributed by atoms with Crippen molar-refractivity contribution in [3.63, 3.8) is 0 Å². The maximum atomic E-state index is 14.2. The van der Waals surface area contributed by atoms with Crippen molar-refractivity contribution < 1.29 is 9.50 Å². The fourth-order valence-electron chi connectivity index (χ4n) is 3.16. The van der Waals surface area contributed by atoms with Crippen LogP contribution >= 0.6 is 0 Å². The zero-order chi connectivity index (χ0) is 15.4.